The maximum Gasteiger partial charge on any atom is 0.119 e. The lowest BCUT2D eigenvalue weighted by Gasteiger charge is -2.14. The van der Waals surface area contributed by atoms with E-state index < -0.39 is 0 Å². The number of anilines is 1. The molecule has 88 valence electrons. The van der Waals surface area contributed by atoms with E-state index in [-0.39, 0.29) is 0 Å². The van der Waals surface area contributed by atoms with Crippen molar-refractivity contribution >= 4 is 5.69 Å². The fourth-order valence-corrected chi connectivity index (χ4v) is 2.39. The molecule has 3 rings (SSSR count). The van der Waals surface area contributed by atoms with Crippen molar-refractivity contribution in [1.29, 1.82) is 0 Å². The summed E-state index contributed by atoms with van der Waals surface area (Å²) in [6.45, 7) is 0. The zero-order chi connectivity index (χ0) is 11.7. The fraction of sp³-hybridized carbons (Fsp3) is 0.308. The molecule has 1 heterocycles. The van der Waals surface area contributed by atoms with Gasteiger partial charge in [-0.1, -0.05) is 6.07 Å². The first-order valence-corrected chi connectivity index (χ1v) is 5.79. The van der Waals surface area contributed by atoms with Crippen LogP contribution in [0.2, 0.25) is 0 Å². The number of H-pyrrole nitrogens is 1. The van der Waals surface area contributed by atoms with Crippen molar-refractivity contribution in [2.45, 2.75) is 18.9 Å². The lowest BCUT2D eigenvalue weighted by atomic mass is 10.1. The van der Waals surface area contributed by atoms with Gasteiger partial charge in [-0.3, -0.25) is 5.10 Å². The standard InChI is InChI=1S/C13H15N3O/c1-17-11-4-2-9-3-5-13(12(9)6-11)16-10-7-14-15-8-10/h2,4,6-8,13,16H,3,5H2,1H3,(H,14,15). The number of nitrogens with zero attached hydrogens (tertiary/aromatic N) is 1. The van der Waals surface area contributed by atoms with Gasteiger partial charge < -0.3 is 10.1 Å². The Hall–Kier alpha value is -1.97. The Morgan fingerprint density at radius 3 is 3.18 bits per heavy atom. The third kappa shape index (κ3) is 1.86. The molecule has 2 aromatic rings. The number of benzene rings is 1. The fourth-order valence-electron chi connectivity index (χ4n) is 2.39. The molecule has 2 N–H and O–H groups in total. The minimum atomic E-state index is 0.359. The van der Waals surface area contributed by atoms with E-state index in [1.54, 1.807) is 13.3 Å². The molecule has 0 saturated carbocycles. The summed E-state index contributed by atoms with van der Waals surface area (Å²) in [5.74, 6) is 0.921. The van der Waals surface area contributed by atoms with Gasteiger partial charge in [0.15, 0.2) is 0 Å². The summed E-state index contributed by atoms with van der Waals surface area (Å²) in [5.41, 5.74) is 3.78. The average Bonchev–Trinajstić information content (AvgIpc) is 2.99. The highest BCUT2D eigenvalue weighted by Gasteiger charge is 2.22. The van der Waals surface area contributed by atoms with Crippen LogP contribution >= 0.6 is 0 Å². The quantitative estimate of drug-likeness (QED) is 0.850. The van der Waals surface area contributed by atoms with Crippen LogP contribution in [0.3, 0.4) is 0 Å². The number of aromatic nitrogens is 2. The molecule has 4 nitrogen and oxygen atoms in total. The zero-order valence-electron chi connectivity index (χ0n) is 9.73. The summed E-state index contributed by atoms with van der Waals surface area (Å²) in [4.78, 5) is 0. The number of hydrogen-bond donors (Lipinski definition) is 2. The maximum atomic E-state index is 5.28. The van der Waals surface area contributed by atoms with Crippen molar-refractivity contribution in [3.05, 3.63) is 41.7 Å². The van der Waals surface area contributed by atoms with Crippen molar-refractivity contribution in [2.75, 3.05) is 12.4 Å². The molecule has 1 aromatic carbocycles. The van der Waals surface area contributed by atoms with Gasteiger partial charge in [-0.25, -0.2) is 0 Å². The van der Waals surface area contributed by atoms with E-state index in [4.69, 9.17) is 4.74 Å². The van der Waals surface area contributed by atoms with Crippen molar-refractivity contribution in [3.8, 4) is 5.75 Å². The van der Waals surface area contributed by atoms with Gasteiger partial charge in [0, 0.05) is 6.20 Å². The zero-order valence-corrected chi connectivity index (χ0v) is 9.73. The highest BCUT2D eigenvalue weighted by Crippen LogP contribution is 2.35. The van der Waals surface area contributed by atoms with E-state index in [2.05, 4.69) is 27.6 Å². The van der Waals surface area contributed by atoms with Crippen molar-refractivity contribution in [2.24, 2.45) is 0 Å². The molecule has 0 saturated heterocycles. The Balaban J connectivity index is 1.87. The molecule has 0 spiro atoms. The maximum absolute atomic E-state index is 5.28. The van der Waals surface area contributed by atoms with E-state index in [1.165, 1.54) is 11.1 Å². The predicted molar refractivity (Wildman–Crippen MR) is 66.3 cm³/mol. The normalized spacial score (nSPS) is 17.8. The molecule has 1 aliphatic rings. The minimum Gasteiger partial charge on any atom is -0.497 e. The number of fused-ring (bicyclic) bond motifs is 1. The number of ether oxygens (including phenoxy) is 1. The van der Waals surface area contributed by atoms with Crippen LogP contribution in [0, 0.1) is 0 Å². The van der Waals surface area contributed by atoms with Gasteiger partial charge in [0.25, 0.3) is 0 Å². The number of aromatic amines is 1. The molecule has 0 fully saturated rings. The third-order valence-electron chi connectivity index (χ3n) is 3.27. The molecule has 1 unspecified atom stereocenters. The number of nitrogens with one attached hydrogen (secondary N) is 2. The lowest BCUT2D eigenvalue weighted by molar-refractivity contribution is 0.414. The second-order valence-electron chi connectivity index (χ2n) is 4.29. The van der Waals surface area contributed by atoms with Gasteiger partial charge in [-0.15, -0.1) is 0 Å². The SMILES string of the molecule is COc1ccc2c(c1)C(Nc1cn[nH]c1)CC2. The van der Waals surface area contributed by atoms with Crippen LogP contribution in [0.5, 0.6) is 5.75 Å². The van der Waals surface area contributed by atoms with Crippen LogP contribution < -0.4 is 10.1 Å². The van der Waals surface area contributed by atoms with Gasteiger partial charge in [0.05, 0.1) is 25.0 Å². The molecule has 1 atom stereocenters. The van der Waals surface area contributed by atoms with Gasteiger partial charge in [0.1, 0.15) is 5.75 Å². The van der Waals surface area contributed by atoms with Crippen LogP contribution in [0.25, 0.3) is 0 Å². The van der Waals surface area contributed by atoms with E-state index >= 15 is 0 Å². The molecular formula is C13H15N3O. The summed E-state index contributed by atoms with van der Waals surface area (Å²) >= 11 is 0. The molecule has 0 aliphatic heterocycles. The molecule has 4 heteroatoms. The Morgan fingerprint density at radius 2 is 2.41 bits per heavy atom. The molecule has 1 aliphatic carbocycles. The van der Waals surface area contributed by atoms with Gasteiger partial charge in [-0.05, 0) is 36.1 Å². The predicted octanol–water partition coefficient (Wildman–Crippen LogP) is 2.52. The molecule has 0 radical (unpaired) electrons. The van der Waals surface area contributed by atoms with E-state index in [9.17, 15) is 0 Å². The smallest absolute Gasteiger partial charge is 0.119 e. The first kappa shape index (κ1) is 10.2. The number of methoxy groups -OCH3 is 1. The first-order valence-electron chi connectivity index (χ1n) is 5.79. The van der Waals surface area contributed by atoms with E-state index in [1.807, 2.05) is 12.3 Å². The van der Waals surface area contributed by atoms with E-state index in [0.717, 1.165) is 24.3 Å². The van der Waals surface area contributed by atoms with E-state index in [0.29, 0.717) is 6.04 Å². The monoisotopic (exact) mass is 229 g/mol. The van der Waals surface area contributed by atoms with Crippen LogP contribution in [0.4, 0.5) is 5.69 Å². The topological polar surface area (TPSA) is 49.9 Å². The summed E-state index contributed by atoms with van der Waals surface area (Å²) in [6, 6.07) is 6.67. The number of rotatable bonds is 3. The highest BCUT2D eigenvalue weighted by atomic mass is 16.5. The summed E-state index contributed by atoms with van der Waals surface area (Å²) in [5, 5.41) is 10.2. The summed E-state index contributed by atoms with van der Waals surface area (Å²) < 4.78 is 5.28. The highest BCUT2D eigenvalue weighted by molar-refractivity contribution is 5.47. The molecule has 0 bridgehead atoms. The van der Waals surface area contributed by atoms with Crippen LogP contribution in [-0.4, -0.2) is 17.3 Å². The van der Waals surface area contributed by atoms with Crippen molar-refractivity contribution in [3.63, 3.8) is 0 Å². The van der Waals surface area contributed by atoms with Gasteiger partial charge in [0.2, 0.25) is 0 Å². The number of aryl methyl sites for hydroxylation is 1. The Bertz CT molecular complexity index is 507. The van der Waals surface area contributed by atoms with Gasteiger partial charge in [-0.2, -0.15) is 5.10 Å². The number of hydrogen-bond acceptors (Lipinski definition) is 3. The summed E-state index contributed by atoms with van der Waals surface area (Å²) in [7, 11) is 1.70. The second kappa shape index (κ2) is 4.13. The minimum absolute atomic E-state index is 0.359. The van der Waals surface area contributed by atoms with Gasteiger partial charge >= 0.3 is 0 Å². The molecule has 0 amide bonds. The Labute approximate surface area is 100 Å². The Morgan fingerprint density at radius 1 is 1.47 bits per heavy atom. The molecular weight excluding hydrogens is 214 g/mol. The third-order valence-corrected chi connectivity index (χ3v) is 3.27. The average molecular weight is 229 g/mol. The summed E-state index contributed by atoms with van der Waals surface area (Å²) in [6.07, 6.45) is 5.92. The van der Waals surface area contributed by atoms with Crippen molar-refractivity contribution < 1.29 is 4.74 Å². The van der Waals surface area contributed by atoms with Crippen LogP contribution in [-0.2, 0) is 6.42 Å². The second-order valence-corrected chi connectivity index (χ2v) is 4.29. The first-order chi connectivity index (χ1) is 8.36. The van der Waals surface area contributed by atoms with Crippen molar-refractivity contribution in [1.82, 2.24) is 10.2 Å². The van der Waals surface area contributed by atoms with Crippen LogP contribution in [0.15, 0.2) is 30.6 Å². The Kier molecular flexibility index (Phi) is 2.48. The van der Waals surface area contributed by atoms with Crippen LogP contribution in [0.1, 0.15) is 23.6 Å². The molecule has 17 heavy (non-hydrogen) atoms. The molecule has 1 aromatic heterocycles. The largest absolute Gasteiger partial charge is 0.497 e. The lowest BCUT2D eigenvalue weighted by Crippen LogP contribution is -2.06.